The van der Waals surface area contributed by atoms with Crippen LogP contribution in [0.1, 0.15) is 68.0 Å². The van der Waals surface area contributed by atoms with Gasteiger partial charge in [0.1, 0.15) is 17.6 Å². The van der Waals surface area contributed by atoms with Gasteiger partial charge in [-0.3, -0.25) is 4.98 Å². The number of benzene rings is 3. The van der Waals surface area contributed by atoms with E-state index in [1.54, 1.807) is 29.1 Å². The van der Waals surface area contributed by atoms with E-state index in [1.807, 2.05) is 36.4 Å². The van der Waals surface area contributed by atoms with Crippen LogP contribution in [0.3, 0.4) is 0 Å². The minimum absolute atomic E-state index is 0.0590. The van der Waals surface area contributed by atoms with E-state index in [9.17, 15) is 11.0 Å². The molecule has 1 saturated carbocycles. The fraction of sp³-hybridized carbons (Fsp3) is 0.226. The second-order valence-corrected chi connectivity index (χ2v) is 10.3. The SMILES string of the molecule is [2H]C(Nc1cc(Cl)c2ncc(C#N)c(N[C@@H](CC)c3ccccc3)c2c1)(c1ccc(F)cc1)c1cn(C2CC2)nn1. The third kappa shape index (κ3) is 5.21. The number of halogens is 2. The molecule has 2 aromatic heterocycles. The van der Waals surface area contributed by atoms with E-state index in [4.69, 9.17) is 11.6 Å². The molecule has 200 valence electrons. The highest BCUT2D eigenvalue weighted by Gasteiger charge is 2.27. The number of nitrogens with one attached hydrogen (secondary N) is 2. The number of rotatable bonds is 9. The molecule has 3 aromatic carbocycles. The first-order valence-corrected chi connectivity index (χ1v) is 13.6. The van der Waals surface area contributed by atoms with Crippen molar-refractivity contribution in [3.8, 4) is 6.07 Å². The quantitative estimate of drug-likeness (QED) is 0.196. The number of pyridine rings is 1. The highest BCUT2D eigenvalue weighted by molar-refractivity contribution is 6.35. The molecule has 1 fully saturated rings. The lowest BCUT2D eigenvalue weighted by Gasteiger charge is -2.22. The fourth-order valence-corrected chi connectivity index (χ4v) is 5.07. The summed E-state index contributed by atoms with van der Waals surface area (Å²) in [7, 11) is 0. The van der Waals surface area contributed by atoms with E-state index in [0.717, 1.165) is 24.8 Å². The Morgan fingerprint density at radius 1 is 1.12 bits per heavy atom. The Balaban J connectivity index is 1.46. The van der Waals surface area contributed by atoms with Gasteiger partial charge in [-0.25, -0.2) is 9.07 Å². The van der Waals surface area contributed by atoms with Gasteiger partial charge in [-0.2, -0.15) is 5.26 Å². The van der Waals surface area contributed by atoms with Gasteiger partial charge in [0.2, 0.25) is 0 Å². The van der Waals surface area contributed by atoms with Crippen LogP contribution in [0.2, 0.25) is 5.02 Å². The molecule has 0 amide bonds. The lowest BCUT2D eigenvalue weighted by Crippen LogP contribution is -2.14. The fourth-order valence-electron chi connectivity index (χ4n) is 4.81. The van der Waals surface area contributed by atoms with Crippen molar-refractivity contribution in [3.63, 3.8) is 0 Å². The van der Waals surface area contributed by atoms with Crippen molar-refractivity contribution in [1.82, 2.24) is 20.0 Å². The minimum atomic E-state index is -1.61. The number of nitriles is 1. The minimum Gasteiger partial charge on any atom is -0.377 e. The first-order valence-electron chi connectivity index (χ1n) is 13.7. The summed E-state index contributed by atoms with van der Waals surface area (Å²) >= 11 is 6.76. The van der Waals surface area contributed by atoms with Crippen LogP contribution in [0.15, 0.2) is 79.1 Å². The van der Waals surface area contributed by atoms with Crippen molar-refractivity contribution in [1.29, 1.82) is 5.26 Å². The van der Waals surface area contributed by atoms with Crippen molar-refractivity contribution in [2.24, 2.45) is 0 Å². The Labute approximate surface area is 238 Å². The maximum Gasteiger partial charge on any atom is 0.123 e. The van der Waals surface area contributed by atoms with Gasteiger partial charge in [-0.1, -0.05) is 66.2 Å². The molecule has 0 radical (unpaired) electrons. The summed E-state index contributed by atoms with van der Waals surface area (Å²) in [6, 6.07) is 20.2. The summed E-state index contributed by atoms with van der Waals surface area (Å²) in [5.74, 6) is -0.402. The second kappa shape index (κ2) is 10.9. The molecule has 1 unspecified atom stereocenters. The molecule has 2 atom stereocenters. The summed E-state index contributed by atoms with van der Waals surface area (Å²) in [6.45, 7) is 2.08. The smallest absolute Gasteiger partial charge is 0.123 e. The van der Waals surface area contributed by atoms with E-state index in [0.29, 0.717) is 44.1 Å². The van der Waals surface area contributed by atoms with Gasteiger partial charge in [0.15, 0.2) is 0 Å². The number of anilines is 2. The Morgan fingerprint density at radius 3 is 2.60 bits per heavy atom. The average Bonchev–Trinajstić information content (AvgIpc) is 3.72. The third-order valence-electron chi connectivity index (χ3n) is 7.06. The molecule has 6 rings (SSSR count). The van der Waals surface area contributed by atoms with E-state index in [-0.39, 0.29) is 12.1 Å². The van der Waals surface area contributed by atoms with Crippen LogP contribution in [0, 0.1) is 17.1 Å². The molecule has 2 N–H and O–H groups in total. The van der Waals surface area contributed by atoms with Crippen molar-refractivity contribution >= 4 is 33.9 Å². The molecule has 0 aliphatic heterocycles. The number of hydrogen-bond donors (Lipinski definition) is 2. The average molecular weight is 553 g/mol. The molecule has 2 heterocycles. The van der Waals surface area contributed by atoms with Crippen LogP contribution >= 0.6 is 11.6 Å². The topological polar surface area (TPSA) is 91.5 Å². The molecule has 0 spiro atoms. The number of hydrogen-bond acceptors (Lipinski definition) is 6. The zero-order chi connectivity index (χ0) is 28.6. The Kier molecular flexibility index (Phi) is 6.72. The lowest BCUT2D eigenvalue weighted by molar-refractivity contribution is 0.610. The van der Waals surface area contributed by atoms with E-state index in [2.05, 4.69) is 38.9 Å². The number of aromatic nitrogens is 4. The van der Waals surface area contributed by atoms with Crippen molar-refractivity contribution < 1.29 is 5.76 Å². The third-order valence-corrected chi connectivity index (χ3v) is 7.35. The highest BCUT2D eigenvalue weighted by atomic mass is 35.5. The summed E-state index contributed by atoms with van der Waals surface area (Å²) in [5.41, 5.74) is 3.96. The monoisotopic (exact) mass is 552 g/mol. The van der Waals surface area contributed by atoms with Gasteiger partial charge in [0, 0.05) is 17.3 Å². The molecule has 1 aliphatic carbocycles. The lowest BCUT2D eigenvalue weighted by atomic mass is 10.0. The first-order chi connectivity index (χ1) is 19.9. The number of fused-ring (bicyclic) bond motifs is 1. The Bertz CT molecular complexity index is 1750. The second-order valence-electron chi connectivity index (χ2n) is 9.85. The normalized spacial score (nSPS) is 15.6. The van der Waals surface area contributed by atoms with Crippen molar-refractivity contribution in [2.75, 3.05) is 10.6 Å². The van der Waals surface area contributed by atoms with Gasteiger partial charge in [-0.05, 0) is 54.7 Å². The Hall–Kier alpha value is -4.48. The summed E-state index contributed by atoms with van der Waals surface area (Å²) < 4.78 is 25.2. The van der Waals surface area contributed by atoms with Crippen LogP contribution < -0.4 is 10.6 Å². The largest absolute Gasteiger partial charge is 0.377 e. The predicted molar refractivity (Wildman–Crippen MR) is 155 cm³/mol. The molecule has 0 saturated heterocycles. The van der Waals surface area contributed by atoms with Crippen LogP contribution in [-0.2, 0) is 0 Å². The van der Waals surface area contributed by atoms with Crippen LogP contribution in [0.5, 0.6) is 0 Å². The van der Waals surface area contributed by atoms with Gasteiger partial charge in [0.05, 0.1) is 47.5 Å². The van der Waals surface area contributed by atoms with E-state index < -0.39 is 11.8 Å². The maximum atomic E-state index is 13.9. The molecular weight excluding hydrogens is 525 g/mol. The van der Waals surface area contributed by atoms with Gasteiger partial charge >= 0.3 is 0 Å². The molecular formula is C31H27ClFN7. The van der Waals surface area contributed by atoms with Crippen molar-refractivity contribution in [3.05, 3.63) is 112 Å². The van der Waals surface area contributed by atoms with Crippen molar-refractivity contribution in [2.45, 2.75) is 44.3 Å². The van der Waals surface area contributed by atoms with Gasteiger partial charge in [-0.15, -0.1) is 5.10 Å². The molecule has 5 aromatic rings. The van der Waals surface area contributed by atoms with Crippen LogP contribution in [0.25, 0.3) is 10.9 Å². The molecule has 1 aliphatic rings. The Morgan fingerprint density at radius 2 is 1.90 bits per heavy atom. The zero-order valence-corrected chi connectivity index (χ0v) is 22.5. The standard InChI is InChI=1S/C31H27ClFN7/c1-2-27(19-6-4-3-5-7-19)37-29-21(16-34)17-35-31-25(29)14-23(15-26(31)32)36-30(20-8-10-22(33)11-9-20)28-18-40(39-38-28)24-12-13-24/h3-11,14-15,17-18,24,27,30,36H,2,12-13H2,1H3,(H,35,37)/t27-,30?/m0/s1/i30D. The van der Waals surface area contributed by atoms with E-state index >= 15 is 0 Å². The first kappa shape index (κ1) is 24.6. The summed E-state index contributed by atoms with van der Waals surface area (Å²) in [6.07, 6.45) is 6.09. The summed E-state index contributed by atoms with van der Waals surface area (Å²) in [5, 5.41) is 26.4. The van der Waals surface area contributed by atoms with E-state index in [1.165, 1.54) is 18.3 Å². The number of nitrogens with zero attached hydrogens (tertiary/aromatic N) is 5. The van der Waals surface area contributed by atoms with Crippen LogP contribution in [-0.4, -0.2) is 20.0 Å². The molecule has 40 heavy (non-hydrogen) atoms. The van der Waals surface area contributed by atoms with Gasteiger partial charge < -0.3 is 10.6 Å². The van der Waals surface area contributed by atoms with Crippen LogP contribution in [0.4, 0.5) is 15.8 Å². The maximum absolute atomic E-state index is 13.9. The molecule has 9 heteroatoms. The van der Waals surface area contributed by atoms with Gasteiger partial charge in [0.25, 0.3) is 0 Å². The zero-order valence-electron chi connectivity index (χ0n) is 22.8. The highest BCUT2D eigenvalue weighted by Crippen LogP contribution is 2.38. The molecule has 0 bridgehead atoms. The summed E-state index contributed by atoms with van der Waals surface area (Å²) in [4.78, 5) is 4.47. The predicted octanol–water partition coefficient (Wildman–Crippen LogP) is 7.59. The molecule has 7 nitrogen and oxygen atoms in total.